The van der Waals surface area contributed by atoms with Crippen molar-refractivity contribution < 1.29 is 4.79 Å². The van der Waals surface area contributed by atoms with Gasteiger partial charge in [-0.15, -0.1) is 22.7 Å². The molecular weight excluding hydrogens is 344 g/mol. The van der Waals surface area contributed by atoms with Gasteiger partial charge in [0.05, 0.1) is 9.88 Å². The monoisotopic (exact) mass is 362 g/mol. The molecule has 0 aromatic carbocycles. The molecule has 0 saturated carbocycles. The number of aromatic nitrogens is 3. The van der Waals surface area contributed by atoms with Gasteiger partial charge in [0.25, 0.3) is 0 Å². The summed E-state index contributed by atoms with van der Waals surface area (Å²) < 4.78 is 1.40. The van der Waals surface area contributed by atoms with Gasteiger partial charge in [-0.05, 0) is 39.1 Å². The lowest BCUT2D eigenvalue weighted by molar-refractivity contribution is -0.123. The zero-order valence-electron chi connectivity index (χ0n) is 13.9. The number of thiazole rings is 1. The highest BCUT2D eigenvalue weighted by molar-refractivity contribution is 7.18. The highest BCUT2D eigenvalue weighted by Gasteiger charge is 2.20. The zero-order chi connectivity index (χ0) is 17.5. The summed E-state index contributed by atoms with van der Waals surface area (Å²) in [5.41, 5.74) is 0.469. The van der Waals surface area contributed by atoms with E-state index < -0.39 is 5.69 Å². The van der Waals surface area contributed by atoms with Crippen LogP contribution in [0.15, 0.2) is 22.3 Å². The Morgan fingerprint density at radius 1 is 1.33 bits per heavy atom. The predicted molar refractivity (Wildman–Crippen MR) is 97.6 cm³/mol. The third-order valence-electron chi connectivity index (χ3n) is 3.19. The van der Waals surface area contributed by atoms with Gasteiger partial charge < -0.3 is 5.32 Å². The number of aryl methyl sites for hydroxylation is 1. The summed E-state index contributed by atoms with van der Waals surface area (Å²) in [5.74, 6) is -0.220. The third kappa shape index (κ3) is 3.39. The van der Waals surface area contributed by atoms with Crippen LogP contribution in [0.3, 0.4) is 0 Å². The Morgan fingerprint density at radius 2 is 2.08 bits per heavy atom. The van der Waals surface area contributed by atoms with E-state index in [1.54, 1.807) is 0 Å². The van der Waals surface area contributed by atoms with Gasteiger partial charge in [-0.25, -0.2) is 9.78 Å². The van der Waals surface area contributed by atoms with Gasteiger partial charge in [-0.3, -0.25) is 9.36 Å². The molecule has 0 bridgehead atoms. The number of thiophene rings is 1. The standard InChI is InChI=1S/C16H18N4O2S2/c1-9-17-13-12(10-6-5-7-23-10)18-15(22)20(14(13)24-9)8-11(21)19-16(2,3)4/h5-7H,8H2,1-4H3,(H,19,21). The summed E-state index contributed by atoms with van der Waals surface area (Å²) in [6.07, 6.45) is 0. The van der Waals surface area contributed by atoms with Crippen molar-refractivity contribution in [3.05, 3.63) is 33.0 Å². The lowest BCUT2D eigenvalue weighted by Gasteiger charge is -2.20. The van der Waals surface area contributed by atoms with Crippen molar-refractivity contribution in [2.75, 3.05) is 0 Å². The van der Waals surface area contributed by atoms with Crippen LogP contribution in [0.2, 0.25) is 0 Å². The number of hydrogen-bond donors (Lipinski definition) is 1. The molecule has 0 aliphatic rings. The second-order valence-electron chi connectivity index (χ2n) is 6.49. The SMILES string of the molecule is Cc1nc2c(-c3cccs3)nc(=O)n(CC(=O)NC(C)(C)C)c2s1. The number of nitrogens with one attached hydrogen (secondary N) is 1. The van der Waals surface area contributed by atoms with Crippen LogP contribution < -0.4 is 11.0 Å². The van der Waals surface area contributed by atoms with E-state index in [4.69, 9.17) is 0 Å². The highest BCUT2D eigenvalue weighted by Crippen LogP contribution is 2.31. The van der Waals surface area contributed by atoms with E-state index >= 15 is 0 Å². The number of nitrogens with zero attached hydrogens (tertiary/aromatic N) is 3. The van der Waals surface area contributed by atoms with Crippen LogP contribution in [0.1, 0.15) is 25.8 Å². The van der Waals surface area contributed by atoms with Gasteiger partial charge in [0.1, 0.15) is 22.6 Å². The minimum absolute atomic E-state index is 0.0635. The van der Waals surface area contributed by atoms with Crippen LogP contribution in [0.4, 0.5) is 0 Å². The van der Waals surface area contributed by atoms with Crippen molar-refractivity contribution in [1.82, 2.24) is 19.9 Å². The van der Waals surface area contributed by atoms with Crippen LogP contribution in [-0.2, 0) is 11.3 Å². The number of hydrogen-bond acceptors (Lipinski definition) is 6. The molecule has 0 radical (unpaired) electrons. The van der Waals surface area contributed by atoms with Crippen molar-refractivity contribution in [2.24, 2.45) is 0 Å². The molecule has 0 unspecified atom stereocenters. The van der Waals surface area contributed by atoms with E-state index in [2.05, 4.69) is 15.3 Å². The average molecular weight is 362 g/mol. The molecule has 0 atom stereocenters. The maximum absolute atomic E-state index is 12.5. The molecule has 3 rings (SSSR count). The molecule has 0 fully saturated rings. The maximum atomic E-state index is 12.5. The molecular formula is C16H18N4O2S2. The van der Waals surface area contributed by atoms with Crippen molar-refractivity contribution in [3.8, 4) is 10.6 Å². The fourth-order valence-electron chi connectivity index (χ4n) is 2.38. The first kappa shape index (κ1) is 16.8. The summed E-state index contributed by atoms with van der Waals surface area (Å²) in [6, 6.07) is 3.83. The average Bonchev–Trinajstić information content (AvgIpc) is 3.08. The fraction of sp³-hybridized carbons (Fsp3) is 0.375. The molecule has 3 aromatic heterocycles. The van der Waals surface area contributed by atoms with Gasteiger partial charge >= 0.3 is 5.69 Å². The molecule has 3 aromatic rings. The molecule has 3 heterocycles. The quantitative estimate of drug-likeness (QED) is 0.777. The molecule has 126 valence electrons. The Labute approximate surface area is 147 Å². The highest BCUT2D eigenvalue weighted by atomic mass is 32.1. The normalized spacial score (nSPS) is 11.8. The van der Waals surface area contributed by atoms with Gasteiger partial charge in [0.2, 0.25) is 5.91 Å². The maximum Gasteiger partial charge on any atom is 0.349 e. The first-order valence-electron chi connectivity index (χ1n) is 7.47. The molecule has 1 N–H and O–H groups in total. The van der Waals surface area contributed by atoms with Crippen LogP contribution in [0, 0.1) is 6.92 Å². The largest absolute Gasteiger partial charge is 0.350 e. The van der Waals surface area contributed by atoms with Crippen LogP contribution in [0.25, 0.3) is 20.9 Å². The van der Waals surface area contributed by atoms with E-state index in [0.29, 0.717) is 16.0 Å². The Morgan fingerprint density at radius 3 is 2.71 bits per heavy atom. The molecule has 1 amide bonds. The number of amides is 1. The van der Waals surface area contributed by atoms with E-state index in [9.17, 15) is 9.59 Å². The number of carbonyl (C=O) groups excluding carboxylic acids is 1. The topological polar surface area (TPSA) is 76.9 Å². The van der Waals surface area contributed by atoms with E-state index in [1.807, 2.05) is 45.2 Å². The first-order chi connectivity index (χ1) is 11.2. The van der Waals surface area contributed by atoms with Gasteiger partial charge in [0.15, 0.2) is 0 Å². The Balaban J connectivity index is 2.10. The third-order valence-corrected chi connectivity index (χ3v) is 5.07. The minimum atomic E-state index is -0.432. The zero-order valence-corrected chi connectivity index (χ0v) is 15.5. The van der Waals surface area contributed by atoms with Crippen LogP contribution in [-0.4, -0.2) is 26.0 Å². The predicted octanol–water partition coefficient (Wildman–Crippen LogP) is 2.80. The molecule has 0 saturated heterocycles. The van der Waals surface area contributed by atoms with E-state index in [-0.39, 0.29) is 18.0 Å². The molecule has 8 heteroatoms. The number of fused-ring (bicyclic) bond motifs is 1. The van der Waals surface area contributed by atoms with Gasteiger partial charge in [-0.1, -0.05) is 6.07 Å². The van der Waals surface area contributed by atoms with Gasteiger partial charge in [0, 0.05) is 5.54 Å². The van der Waals surface area contributed by atoms with Crippen LogP contribution in [0.5, 0.6) is 0 Å². The van der Waals surface area contributed by atoms with Gasteiger partial charge in [-0.2, -0.15) is 4.98 Å². The van der Waals surface area contributed by atoms with Crippen molar-refractivity contribution >= 4 is 38.9 Å². The lowest BCUT2D eigenvalue weighted by atomic mass is 10.1. The molecule has 0 aliphatic heterocycles. The molecule has 6 nitrogen and oxygen atoms in total. The molecule has 24 heavy (non-hydrogen) atoms. The number of rotatable bonds is 3. The molecule has 0 spiro atoms. The summed E-state index contributed by atoms with van der Waals surface area (Å²) >= 11 is 2.91. The summed E-state index contributed by atoms with van der Waals surface area (Å²) in [7, 11) is 0. The van der Waals surface area contributed by atoms with Crippen molar-refractivity contribution in [1.29, 1.82) is 0 Å². The van der Waals surface area contributed by atoms with E-state index in [0.717, 1.165) is 9.88 Å². The van der Waals surface area contributed by atoms with Crippen molar-refractivity contribution in [3.63, 3.8) is 0 Å². The first-order valence-corrected chi connectivity index (χ1v) is 9.17. The lowest BCUT2D eigenvalue weighted by Crippen LogP contribution is -2.43. The molecule has 0 aliphatic carbocycles. The fourth-order valence-corrected chi connectivity index (χ4v) is 4.00. The summed E-state index contributed by atoms with van der Waals surface area (Å²) in [5, 5.41) is 5.64. The Bertz CT molecular complexity index is 949. The summed E-state index contributed by atoms with van der Waals surface area (Å²) in [6.45, 7) is 7.52. The number of carbonyl (C=O) groups is 1. The van der Waals surface area contributed by atoms with E-state index in [1.165, 1.54) is 27.2 Å². The smallest absolute Gasteiger partial charge is 0.349 e. The second-order valence-corrected chi connectivity index (χ2v) is 8.62. The van der Waals surface area contributed by atoms with Crippen molar-refractivity contribution in [2.45, 2.75) is 39.8 Å². The van der Waals surface area contributed by atoms with Crippen LogP contribution >= 0.6 is 22.7 Å². The Hall–Kier alpha value is -2.06. The Kier molecular flexibility index (Phi) is 4.27. The minimum Gasteiger partial charge on any atom is -0.350 e. The summed E-state index contributed by atoms with van der Waals surface area (Å²) in [4.78, 5) is 35.0. The second kappa shape index (κ2) is 6.10.